The summed E-state index contributed by atoms with van der Waals surface area (Å²) in [6, 6.07) is 2.32. The zero-order chi connectivity index (χ0) is 13.1. The molecule has 1 N–H and O–H groups in total. The minimum absolute atomic E-state index is 0.000324. The highest BCUT2D eigenvalue weighted by atomic mass is 19.1. The number of benzene rings is 1. The Kier molecular flexibility index (Phi) is 3.91. The molecule has 1 unspecified atom stereocenters. The van der Waals surface area contributed by atoms with Gasteiger partial charge in [-0.3, -0.25) is 5.32 Å². The van der Waals surface area contributed by atoms with Crippen molar-refractivity contribution in [1.82, 2.24) is 5.32 Å². The monoisotopic (exact) mass is 255 g/mol. The van der Waals surface area contributed by atoms with Crippen molar-refractivity contribution in [1.29, 1.82) is 0 Å². The second-order valence-corrected chi connectivity index (χ2v) is 4.29. The molecule has 0 bridgehead atoms. The van der Waals surface area contributed by atoms with Crippen molar-refractivity contribution >= 4 is 5.97 Å². The fraction of sp³-hybridized carbons (Fsp3) is 0.462. The number of rotatable bonds is 5. The van der Waals surface area contributed by atoms with E-state index in [0.717, 1.165) is 31.0 Å². The van der Waals surface area contributed by atoms with Gasteiger partial charge in [0.2, 0.25) is 0 Å². The first kappa shape index (κ1) is 13.0. The topological polar surface area (TPSA) is 38.3 Å². The molecule has 2 rings (SSSR count). The summed E-state index contributed by atoms with van der Waals surface area (Å²) in [6.45, 7) is 1.88. The minimum atomic E-state index is -0.937. The smallest absolute Gasteiger partial charge is 0.327 e. The molecule has 0 radical (unpaired) electrons. The molecule has 1 aliphatic rings. The van der Waals surface area contributed by atoms with Crippen LogP contribution in [-0.4, -0.2) is 18.6 Å². The van der Waals surface area contributed by atoms with E-state index in [9.17, 15) is 13.6 Å². The van der Waals surface area contributed by atoms with Gasteiger partial charge in [-0.1, -0.05) is 0 Å². The van der Waals surface area contributed by atoms with Crippen molar-refractivity contribution in [2.24, 2.45) is 0 Å². The lowest BCUT2D eigenvalue weighted by molar-refractivity contribution is -0.146. The zero-order valence-corrected chi connectivity index (χ0v) is 10.1. The summed E-state index contributed by atoms with van der Waals surface area (Å²) >= 11 is 0. The first-order chi connectivity index (χ1) is 8.61. The lowest BCUT2D eigenvalue weighted by atomic mass is 10.1. The third kappa shape index (κ3) is 3.04. The van der Waals surface area contributed by atoms with E-state index in [1.165, 1.54) is 0 Å². The Bertz CT molecular complexity index is 447. The number of carbonyl (C=O) groups is 1. The third-order valence-corrected chi connectivity index (χ3v) is 2.77. The molecule has 1 aromatic rings. The van der Waals surface area contributed by atoms with Crippen molar-refractivity contribution in [2.75, 3.05) is 6.61 Å². The van der Waals surface area contributed by atoms with Crippen molar-refractivity contribution in [2.45, 2.75) is 31.8 Å². The molecule has 0 saturated heterocycles. The lowest BCUT2D eigenvalue weighted by Crippen LogP contribution is -2.32. The van der Waals surface area contributed by atoms with Gasteiger partial charge in [0.15, 0.2) is 0 Å². The second-order valence-electron chi connectivity index (χ2n) is 4.29. The van der Waals surface area contributed by atoms with E-state index in [4.69, 9.17) is 4.74 Å². The summed E-state index contributed by atoms with van der Waals surface area (Å²) in [5.41, 5.74) is 0.000324. The molecular formula is C13H15F2NO2. The Hall–Kier alpha value is -1.49. The van der Waals surface area contributed by atoms with Gasteiger partial charge in [0.25, 0.3) is 0 Å². The van der Waals surface area contributed by atoms with Gasteiger partial charge in [-0.15, -0.1) is 0 Å². The number of carbonyl (C=O) groups excluding carboxylic acids is 1. The molecule has 1 atom stereocenters. The van der Waals surface area contributed by atoms with Gasteiger partial charge in [0, 0.05) is 11.6 Å². The second kappa shape index (κ2) is 5.44. The predicted octanol–water partition coefficient (Wildman–Crippen LogP) is 2.32. The van der Waals surface area contributed by atoms with Crippen LogP contribution in [0.1, 0.15) is 31.4 Å². The predicted molar refractivity (Wildman–Crippen MR) is 61.9 cm³/mol. The number of hydrogen-bond acceptors (Lipinski definition) is 3. The summed E-state index contributed by atoms with van der Waals surface area (Å²) in [5, 5.41) is 2.98. The Balaban J connectivity index is 2.25. The summed E-state index contributed by atoms with van der Waals surface area (Å²) in [7, 11) is 0. The van der Waals surface area contributed by atoms with Crippen LogP contribution < -0.4 is 5.32 Å². The maximum atomic E-state index is 13.7. The van der Waals surface area contributed by atoms with Crippen LogP contribution in [0.15, 0.2) is 18.2 Å². The molecule has 1 saturated carbocycles. The SMILES string of the molecule is CCOC(=O)C(NC1CC1)c1cc(F)ccc1F. The van der Waals surface area contributed by atoms with Crippen LogP contribution in [0.5, 0.6) is 0 Å². The van der Waals surface area contributed by atoms with E-state index in [1.54, 1.807) is 6.92 Å². The fourth-order valence-corrected chi connectivity index (χ4v) is 1.73. The molecule has 0 spiro atoms. The van der Waals surface area contributed by atoms with Crippen molar-refractivity contribution in [3.63, 3.8) is 0 Å². The molecule has 1 aromatic carbocycles. The molecule has 0 amide bonds. The van der Waals surface area contributed by atoms with Gasteiger partial charge in [-0.2, -0.15) is 0 Å². The van der Waals surface area contributed by atoms with Gasteiger partial charge in [-0.25, -0.2) is 13.6 Å². The van der Waals surface area contributed by atoms with E-state index in [1.807, 2.05) is 0 Å². The maximum absolute atomic E-state index is 13.7. The summed E-state index contributed by atoms with van der Waals surface area (Å²) in [5.74, 6) is -1.75. The quantitative estimate of drug-likeness (QED) is 0.821. The van der Waals surface area contributed by atoms with E-state index in [-0.39, 0.29) is 18.2 Å². The number of hydrogen-bond donors (Lipinski definition) is 1. The van der Waals surface area contributed by atoms with Crippen LogP contribution in [-0.2, 0) is 9.53 Å². The normalized spacial score (nSPS) is 16.4. The van der Waals surface area contributed by atoms with Crippen molar-refractivity contribution < 1.29 is 18.3 Å². The van der Waals surface area contributed by atoms with Gasteiger partial charge < -0.3 is 4.74 Å². The third-order valence-electron chi connectivity index (χ3n) is 2.77. The Morgan fingerprint density at radius 3 is 2.83 bits per heavy atom. The molecule has 3 nitrogen and oxygen atoms in total. The largest absolute Gasteiger partial charge is 0.465 e. The molecule has 18 heavy (non-hydrogen) atoms. The zero-order valence-electron chi connectivity index (χ0n) is 10.1. The summed E-state index contributed by atoms with van der Waals surface area (Å²) in [4.78, 5) is 11.8. The number of halogens is 2. The lowest BCUT2D eigenvalue weighted by Gasteiger charge is -2.18. The Labute approximate surface area is 104 Å². The van der Waals surface area contributed by atoms with E-state index < -0.39 is 23.6 Å². The highest BCUT2D eigenvalue weighted by molar-refractivity contribution is 5.77. The highest BCUT2D eigenvalue weighted by Gasteiger charge is 2.32. The first-order valence-corrected chi connectivity index (χ1v) is 5.99. The Morgan fingerprint density at radius 2 is 2.22 bits per heavy atom. The fourth-order valence-electron chi connectivity index (χ4n) is 1.73. The van der Waals surface area contributed by atoms with Gasteiger partial charge >= 0.3 is 5.97 Å². The Morgan fingerprint density at radius 1 is 1.50 bits per heavy atom. The molecule has 5 heteroatoms. The minimum Gasteiger partial charge on any atom is -0.465 e. The standard InChI is InChI=1S/C13H15F2NO2/c1-2-18-13(17)12(16-9-4-5-9)10-7-8(14)3-6-11(10)15/h3,6-7,9,12,16H,2,4-5H2,1H3. The van der Waals surface area contributed by atoms with Crippen LogP contribution in [0.4, 0.5) is 8.78 Å². The summed E-state index contributed by atoms with van der Waals surface area (Å²) in [6.07, 6.45) is 1.87. The molecule has 0 aliphatic heterocycles. The van der Waals surface area contributed by atoms with Crippen LogP contribution in [0, 0.1) is 11.6 Å². The summed E-state index contributed by atoms with van der Waals surface area (Å²) < 4.78 is 31.7. The number of ether oxygens (including phenoxy) is 1. The molecule has 98 valence electrons. The maximum Gasteiger partial charge on any atom is 0.327 e. The first-order valence-electron chi connectivity index (χ1n) is 5.99. The van der Waals surface area contributed by atoms with Crippen molar-refractivity contribution in [3.8, 4) is 0 Å². The van der Waals surface area contributed by atoms with Gasteiger partial charge in [0.1, 0.15) is 17.7 Å². The van der Waals surface area contributed by atoms with Gasteiger partial charge in [0.05, 0.1) is 6.61 Å². The van der Waals surface area contributed by atoms with E-state index >= 15 is 0 Å². The molecule has 1 aliphatic carbocycles. The average molecular weight is 255 g/mol. The van der Waals surface area contributed by atoms with Crippen molar-refractivity contribution in [3.05, 3.63) is 35.4 Å². The van der Waals surface area contributed by atoms with Crippen LogP contribution in [0.25, 0.3) is 0 Å². The van der Waals surface area contributed by atoms with E-state index in [0.29, 0.717) is 0 Å². The molecule has 0 heterocycles. The number of nitrogens with one attached hydrogen (secondary N) is 1. The highest BCUT2D eigenvalue weighted by Crippen LogP contribution is 2.26. The molecular weight excluding hydrogens is 240 g/mol. The van der Waals surface area contributed by atoms with Crippen LogP contribution in [0.2, 0.25) is 0 Å². The van der Waals surface area contributed by atoms with Gasteiger partial charge in [-0.05, 0) is 38.0 Å². The molecule has 1 fully saturated rings. The molecule has 0 aromatic heterocycles. The average Bonchev–Trinajstić information content (AvgIpc) is 3.14. The van der Waals surface area contributed by atoms with Crippen LogP contribution >= 0.6 is 0 Å². The van der Waals surface area contributed by atoms with E-state index in [2.05, 4.69) is 5.32 Å². The number of esters is 1. The van der Waals surface area contributed by atoms with Crippen LogP contribution in [0.3, 0.4) is 0 Å².